The maximum Gasteiger partial charge on any atom is 0.224 e. The van der Waals surface area contributed by atoms with Crippen LogP contribution in [0.2, 0.25) is 0 Å². The van der Waals surface area contributed by atoms with E-state index >= 15 is 0 Å². The second-order valence-electron chi connectivity index (χ2n) is 3.73. The zero-order valence-electron chi connectivity index (χ0n) is 10.3. The molecule has 1 heterocycles. The van der Waals surface area contributed by atoms with Gasteiger partial charge in [-0.15, -0.1) is 0 Å². The number of aromatic nitrogens is 2. The molecule has 5 nitrogen and oxygen atoms in total. The Kier molecular flexibility index (Phi) is 4.31. The fraction of sp³-hybridized carbons (Fsp3) is 0.154. The van der Waals surface area contributed by atoms with Crippen LogP contribution in [0.15, 0.2) is 34.9 Å². The predicted molar refractivity (Wildman–Crippen MR) is 78.3 cm³/mol. The maximum atomic E-state index is 8.82. The van der Waals surface area contributed by atoms with Gasteiger partial charge in [0.05, 0.1) is 17.3 Å². The van der Waals surface area contributed by atoms with Gasteiger partial charge >= 0.3 is 0 Å². The lowest BCUT2D eigenvalue weighted by atomic mass is 10.2. The van der Waals surface area contributed by atoms with E-state index < -0.39 is 0 Å². The molecule has 6 heteroatoms. The van der Waals surface area contributed by atoms with E-state index in [1.54, 1.807) is 24.4 Å². The number of benzene rings is 1. The maximum absolute atomic E-state index is 8.82. The second-order valence-corrected chi connectivity index (χ2v) is 4.58. The Bertz CT molecular complexity index is 621. The highest BCUT2D eigenvalue weighted by molar-refractivity contribution is 9.10. The van der Waals surface area contributed by atoms with Gasteiger partial charge in [0.1, 0.15) is 5.82 Å². The number of nitrogens with one attached hydrogen (secondary N) is 2. The van der Waals surface area contributed by atoms with Gasteiger partial charge in [0, 0.05) is 17.2 Å². The first kappa shape index (κ1) is 13.3. The minimum absolute atomic E-state index is 0.581. The van der Waals surface area contributed by atoms with Crippen LogP contribution in [-0.2, 0) is 0 Å². The first-order valence-electron chi connectivity index (χ1n) is 5.76. The zero-order chi connectivity index (χ0) is 13.7. The Labute approximate surface area is 119 Å². The van der Waals surface area contributed by atoms with Crippen LogP contribution < -0.4 is 10.6 Å². The Morgan fingerprint density at radius 1 is 1.37 bits per heavy atom. The van der Waals surface area contributed by atoms with E-state index in [2.05, 4.69) is 42.6 Å². The van der Waals surface area contributed by atoms with Gasteiger partial charge in [0.25, 0.3) is 0 Å². The summed E-state index contributed by atoms with van der Waals surface area (Å²) in [6.07, 6.45) is 1.69. The summed E-state index contributed by atoms with van der Waals surface area (Å²) in [5.41, 5.74) is 1.45. The average Bonchev–Trinajstić information content (AvgIpc) is 2.42. The normalized spacial score (nSPS) is 9.74. The molecule has 1 aromatic carbocycles. The van der Waals surface area contributed by atoms with Crippen LogP contribution in [0.3, 0.4) is 0 Å². The SMILES string of the molecule is CCNc1nccc(Nc2ccc(C#N)cc2Br)n1. The zero-order valence-corrected chi connectivity index (χ0v) is 11.9. The van der Waals surface area contributed by atoms with Crippen molar-refractivity contribution in [3.05, 3.63) is 40.5 Å². The molecule has 0 aliphatic heterocycles. The van der Waals surface area contributed by atoms with Gasteiger partial charge < -0.3 is 10.6 Å². The fourth-order valence-corrected chi connectivity index (χ4v) is 1.97. The van der Waals surface area contributed by atoms with Crippen molar-refractivity contribution in [2.45, 2.75) is 6.92 Å². The summed E-state index contributed by atoms with van der Waals surface area (Å²) >= 11 is 3.42. The van der Waals surface area contributed by atoms with Gasteiger partial charge in [0.2, 0.25) is 5.95 Å². The lowest BCUT2D eigenvalue weighted by Gasteiger charge is -2.09. The van der Waals surface area contributed by atoms with Gasteiger partial charge in [-0.3, -0.25) is 0 Å². The van der Waals surface area contributed by atoms with Crippen LogP contribution in [0.5, 0.6) is 0 Å². The van der Waals surface area contributed by atoms with Crippen molar-refractivity contribution >= 4 is 33.4 Å². The highest BCUT2D eigenvalue weighted by Gasteiger charge is 2.03. The fourth-order valence-electron chi connectivity index (χ4n) is 1.50. The molecule has 1 aromatic heterocycles. The summed E-state index contributed by atoms with van der Waals surface area (Å²) in [5.74, 6) is 1.27. The summed E-state index contributed by atoms with van der Waals surface area (Å²) in [6.45, 7) is 2.75. The molecule has 0 saturated heterocycles. The smallest absolute Gasteiger partial charge is 0.224 e. The van der Waals surface area contributed by atoms with E-state index in [1.807, 2.05) is 13.0 Å². The standard InChI is InChI=1S/C13H12BrN5/c1-2-16-13-17-6-5-12(19-13)18-11-4-3-9(8-15)7-10(11)14/h3-7H,2H2,1H3,(H2,16,17,18,19). The van der Waals surface area contributed by atoms with Crippen molar-refractivity contribution in [2.24, 2.45) is 0 Å². The molecule has 96 valence electrons. The molecule has 0 radical (unpaired) electrons. The molecule has 2 rings (SSSR count). The van der Waals surface area contributed by atoms with Crippen molar-refractivity contribution < 1.29 is 0 Å². The van der Waals surface area contributed by atoms with Crippen LogP contribution in [0.4, 0.5) is 17.5 Å². The van der Waals surface area contributed by atoms with E-state index in [4.69, 9.17) is 5.26 Å². The van der Waals surface area contributed by atoms with Crippen LogP contribution in [-0.4, -0.2) is 16.5 Å². The second kappa shape index (κ2) is 6.16. The lowest BCUT2D eigenvalue weighted by Crippen LogP contribution is -2.03. The number of anilines is 3. The van der Waals surface area contributed by atoms with Crippen molar-refractivity contribution in [3.63, 3.8) is 0 Å². The van der Waals surface area contributed by atoms with Crippen LogP contribution in [0, 0.1) is 11.3 Å². The summed E-state index contributed by atoms with van der Waals surface area (Å²) in [7, 11) is 0. The molecule has 0 aliphatic carbocycles. The molecule has 0 unspecified atom stereocenters. The largest absolute Gasteiger partial charge is 0.354 e. The molecule has 0 fully saturated rings. The molecule has 0 spiro atoms. The van der Waals surface area contributed by atoms with Crippen molar-refractivity contribution in [3.8, 4) is 6.07 Å². The monoisotopic (exact) mass is 317 g/mol. The summed E-state index contributed by atoms with van der Waals surface area (Å²) < 4.78 is 0.815. The minimum Gasteiger partial charge on any atom is -0.354 e. The number of nitriles is 1. The Morgan fingerprint density at radius 3 is 2.89 bits per heavy atom. The van der Waals surface area contributed by atoms with Gasteiger partial charge in [-0.2, -0.15) is 10.2 Å². The quantitative estimate of drug-likeness (QED) is 0.905. The van der Waals surface area contributed by atoms with E-state index in [9.17, 15) is 0 Å². The number of hydrogen-bond donors (Lipinski definition) is 2. The summed E-state index contributed by atoms with van der Waals surface area (Å²) in [6, 6.07) is 9.21. The van der Waals surface area contributed by atoms with Crippen molar-refractivity contribution in [1.82, 2.24) is 9.97 Å². The van der Waals surface area contributed by atoms with Crippen LogP contribution >= 0.6 is 15.9 Å². The number of nitrogens with zero attached hydrogens (tertiary/aromatic N) is 3. The van der Waals surface area contributed by atoms with E-state index in [-0.39, 0.29) is 0 Å². The third kappa shape index (κ3) is 3.42. The number of rotatable bonds is 4. The average molecular weight is 318 g/mol. The molecule has 2 N–H and O–H groups in total. The van der Waals surface area contributed by atoms with Crippen molar-refractivity contribution in [1.29, 1.82) is 5.26 Å². The minimum atomic E-state index is 0.581. The van der Waals surface area contributed by atoms with Crippen LogP contribution in [0.1, 0.15) is 12.5 Å². The van der Waals surface area contributed by atoms with Gasteiger partial charge in [-0.1, -0.05) is 0 Å². The molecule has 0 saturated carbocycles. The predicted octanol–water partition coefficient (Wildman–Crippen LogP) is 3.29. The van der Waals surface area contributed by atoms with E-state index in [1.165, 1.54) is 0 Å². The highest BCUT2D eigenvalue weighted by Crippen LogP contribution is 2.26. The molecule has 19 heavy (non-hydrogen) atoms. The Hall–Kier alpha value is -2.13. The molecule has 2 aromatic rings. The molecule has 0 amide bonds. The Morgan fingerprint density at radius 2 is 2.21 bits per heavy atom. The molecular weight excluding hydrogens is 306 g/mol. The number of hydrogen-bond acceptors (Lipinski definition) is 5. The lowest BCUT2D eigenvalue weighted by molar-refractivity contribution is 1.09. The summed E-state index contributed by atoms with van der Waals surface area (Å²) in [4.78, 5) is 8.43. The Balaban J connectivity index is 2.21. The first-order valence-corrected chi connectivity index (χ1v) is 6.56. The van der Waals surface area contributed by atoms with Crippen molar-refractivity contribution in [2.75, 3.05) is 17.2 Å². The summed E-state index contributed by atoms with van der Waals surface area (Å²) in [5, 5.41) is 15.0. The third-order valence-corrected chi connectivity index (χ3v) is 3.01. The van der Waals surface area contributed by atoms with E-state index in [0.29, 0.717) is 17.3 Å². The van der Waals surface area contributed by atoms with Crippen LogP contribution in [0.25, 0.3) is 0 Å². The molecule has 0 bridgehead atoms. The topological polar surface area (TPSA) is 73.6 Å². The highest BCUT2D eigenvalue weighted by atomic mass is 79.9. The molecular formula is C13H12BrN5. The molecule has 0 aliphatic rings. The van der Waals surface area contributed by atoms with Gasteiger partial charge in [-0.25, -0.2) is 4.98 Å². The molecule has 0 atom stereocenters. The van der Waals surface area contributed by atoms with Gasteiger partial charge in [0.15, 0.2) is 0 Å². The third-order valence-electron chi connectivity index (χ3n) is 2.35. The van der Waals surface area contributed by atoms with Gasteiger partial charge in [-0.05, 0) is 47.1 Å². The first-order chi connectivity index (χ1) is 9.22. The van der Waals surface area contributed by atoms with E-state index in [0.717, 1.165) is 16.7 Å². The number of halogens is 1.